The Kier molecular flexibility index (Phi) is 3.28. The summed E-state index contributed by atoms with van der Waals surface area (Å²) in [5, 5.41) is 14.3. The Bertz CT molecular complexity index is 867. The fourth-order valence-electron chi connectivity index (χ4n) is 2.46. The summed E-state index contributed by atoms with van der Waals surface area (Å²) < 4.78 is 1.98. The topological polar surface area (TPSA) is 102 Å². The number of hydrogen-bond acceptors (Lipinski definition) is 6. The van der Waals surface area contributed by atoms with Crippen LogP contribution in [0.1, 0.15) is 23.6 Å². The number of hydrogen-bond donors (Lipinski definition) is 2. The third kappa shape index (κ3) is 2.09. The van der Waals surface area contributed by atoms with E-state index in [0.29, 0.717) is 12.1 Å². The third-order valence-electron chi connectivity index (χ3n) is 3.76. The first-order valence-electron chi connectivity index (χ1n) is 6.72. The number of nitrogens with one attached hydrogen (secondary N) is 1. The van der Waals surface area contributed by atoms with Gasteiger partial charge in [0.2, 0.25) is 5.88 Å². The minimum atomic E-state index is -0.582. The maximum absolute atomic E-state index is 12.3. The van der Waals surface area contributed by atoms with Gasteiger partial charge in [0.1, 0.15) is 5.56 Å². The fraction of sp³-hybridized carbons (Fsp3) is 0.286. The number of rotatable bonds is 2. The lowest BCUT2D eigenvalue weighted by Gasteiger charge is -2.11. The predicted molar refractivity (Wildman–Crippen MR) is 79.9 cm³/mol. The Morgan fingerprint density at radius 1 is 1.32 bits per heavy atom. The molecule has 0 bridgehead atoms. The van der Waals surface area contributed by atoms with E-state index >= 15 is 0 Å². The molecule has 2 N–H and O–H groups in total. The van der Waals surface area contributed by atoms with Crippen LogP contribution in [0.3, 0.4) is 0 Å². The van der Waals surface area contributed by atoms with Crippen LogP contribution in [0.2, 0.25) is 0 Å². The van der Waals surface area contributed by atoms with E-state index in [9.17, 15) is 14.7 Å². The van der Waals surface area contributed by atoms with Gasteiger partial charge in [-0.1, -0.05) is 6.07 Å². The van der Waals surface area contributed by atoms with Crippen molar-refractivity contribution < 1.29 is 5.11 Å². The zero-order valence-electron chi connectivity index (χ0n) is 12.1. The van der Waals surface area contributed by atoms with Crippen LogP contribution in [0.5, 0.6) is 5.88 Å². The molecule has 1 aliphatic heterocycles. The smallest absolute Gasteiger partial charge is 0.333 e. The quantitative estimate of drug-likeness (QED) is 0.787. The second-order valence-corrected chi connectivity index (χ2v) is 5.14. The molecule has 3 heterocycles. The van der Waals surface area contributed by atoms with Crippen LogP contribution in [0.15, 0.2) is 39.2 Å². The molecule has 8 heteroatoms. The van der Waals surface area contributed by atoms with Gasteiger partial charge in [-0.2, -0.15) is 5.10 Å². The average Bonchev–Trinajstić information content (AvgIpc) is 3.02. The first-order valence-corrected chi connectivity index (χ1v) is 6.72. The lowest BCUT2D eigenvalue weighted by Crippen LogP contribution is -2.39. The number of aromatic hydroxyl groups is 1. The number of nitrogens with zero attached hydrogens (tertiary/aromatic N) is 4. The maximum atomic E-state index is 12.3. The van der Waals surface area contributed by atoms with E-state index in [1.54, 1.807) is 12.4 Å². The molecular weight excluding hydrogens is 286 g/mol. The lowest BCUT2D eigenvalue weighted by atomic mass is 10.0. The van der Waals surface area contributed by atoms with Crippen molar-refractivity contribution in [1.29, 1.82) is 0 Å². The Hall–Kier alpha value is -2.90. The van der Waals surface area contributed by atoms with Crippen LogP contribution in [-0.4, -0.2) is 24.9 Å². The van der Waals surface area contributed by atoms with Gasteiger partial charge in [-0.3, -0.25) is 18.9 Å². The minimum Gasteiger partial charge on any atom is -0.494 e. The van der Waals surface area contributed by atoms with Crippen molar-refractivity contribution in [2.75, 3.05) is 0 Å². The zero-order valence-corrected chi connectivity index (χ0v) is 12.1. The summed E-state index contributed by atoms with van der Waals surface area (Å²) in [6.45, 7) is 0. The summed E-state index contributed by atoms with van der Waals surface area (Å²) in [4.78, 5) is 28.1. The Labute approximate surface area is 125 Å². The van der Waals surface area contributed by atoms with Gasteiger partial charge in [-0.05, 0) is 11.6 Å². The van der Waals surface area contributed by atoms with Crippen LogP contribution in [-0.2, 0) is 14.1 Å². The lowest BCUT2D eigenvalue weighted by molar-refractivity contribution is 0.410. The molecule has 0 saturated heterocycles. The molecule has 3 rings (SSSR count). The van der Waals surface area contributed by atoms with Crippen molar-refractivity contribution in [3.8, 4) is 5.88 Å². The van der Waals surface area contributed by atoms with Gasteiger partial charge in [0, 0.05) is 32.9 Å². The van der Waals surface area contributed by atoms with Crippen LogP contribution >= 0.6 is 0 Å². The van der Waals surface area contributed by atoms with E-state index in [1.807, 2.05) is 12.1 Å². The molecule has 1 unspecified atom stereocenters. The van der Waals surface area contributed by atoms with Gasteiger partial charge >= 0.3 is 5.69 Å². The van der Waals surface area contributed by atoms with Gasteiger partial charge in [0.05, 0.1) is 11.8 Å². The van der Waals surface area contributed by atoms with Crippen molar-refractivity contribution in [3.05, 3.63) is 56.5 Å². The Balaban J connectivity index is 2.01. The molecular formula is C14H15N5O3. The van der Waals surface area contributed by atoms with E-state index < -0.39 is 11.2 Å². The normalized spacial score (nSPS) is 17.2. The molecule has 0 saturated carbocycles. The van der Waals surface area contributed by atoms with E-state index in [2.05, 4.69) is 15.5 Å². The van der Waals surface area contributed by atoms with E-state index in [4.69, 9.17) is 0 Å². The Morgan fingerprint density at radius 2 is 2.09 bits per heavy atom. The second-order valence-electron chi connectivity index (χ2n) is 5.14. The van der Waals surface area contributed by atoms with Crippen molar-refractivity contribution in [2.45, 2.75) is 12.5 Å². The summed E-state index contributed by atoms with van der Waals surface area (Å²) in [6.07, 6.45) is 3.82. The molecule has 0 radical (unpaired) electrons. The molecule has 0 spiro atoms. The van der Waals surface area contributed by atoms with E-state index in [1.165, 1.54) is 14.1 Å². The van der Waals surface area contributed by atoms with Crippen molar-refractivity contribution in [1.82, 2.24) is 19.5 Å². The van der Waals surface area contributed by atoms with Gasteiger partial charge in [0.15, 0.2) is 0 Å². The second kappa shape index (κ2) is 5.14. The molecule has 2 aromatic heterocycles. The van der Waals surface area contributed by atoms with Crippen LogP contribution in [0.4, 0.5) is 0 Å². The molecule has 0 fully saturated rings. The average molecular weight is 301 g/mol. The predicted octanol–water partition coefficient (Wildman–Crippen LogP) is -0.377. The van der Waals surface area contributed by atoms with Gasteiger partial charge in [-0.25, -0.2) is 4.79 Å². The zero-order chi connectivity index (χ0) is 15.9. The Morgan fingerprint density at radius 3 is 2.77 bits per heavy atom. The number of aromatic nitrogens is 3. The molecule has 2 aromatic rings. The van der Waals surface area contributed by atoms with Crippen molar-refractivity contribution >= 4 is 5.71 Å². The van der Waals surface area contributed by atoms with Crippen molar-refractivity contribution in [3.63, 3.8) is 0 Å². The summed E-state index contributed by atoms with van der Waals surface area (Å²) in [7, 11) is 2.78. The highest BCUT2D eigenvalue weighted by Gasteiger charge is 2.27. The van der Waals surface area contributed by atoms with Gasteiger partial charge in [0.25, 0.3) is 5.56 Å². The number of pyridine rings is 1. The molecule has 22 heavy (non-hydrogen) atoms. The van der Waals surface area contributed by atoms with E-state index in [-0.39, 0.29) is 17.5 Å². The molecule has 0 aliphatic carbocycles. The molecule has 0 aromatic carbocycles. The first kappa shape index (κ1) is 14.1. The monoisotopic (exact) mass is 301 g/mol. The molecule has 114 valence electrons. The molecule has 0 amide bonds. The summed E-state index contributed by atoms with van der Waals surface area (Å²) in [6, 6.07) is 3.60. The number of hydrazone groups is 1. The largest absolute Gasteiger partial charge is 0.494 e. The van der Waals surface area contributed by atoms with Crippen molar-refractivity contribution in [2.24, 2.45) is 19.2 Å². The van der Waals surface area contributed by atoms with E-state index in [0.717, 1.165) is 14.7 Å². The standard InChI is InChI=1S/C14H15N5O3/c1-18-12(20)11(13(21)19(2)14(18)22)10-6-9(16-17-10)8-4-3-5-15-7-8/h3-5,7,9,16,20H,6H2,1-2H3. The molecule has 1 aliphatic rings. The van der Waals surface area contributed by atoms with Crippen LogP contribution in [0.25, 0.3) is 0 Å². The molecule has 1 atom stereocenters. The highest BCUT2D eigenvalue weighted by Crippen LogP contribution is 2.25. The summed E-state index contributed by atoms with van der Waals surface area (Å²) >= 11 is 0. The highest BCUT2D eigenvalue weighted by molar-refractivity contribution is 6.03. The van der Waals surface area contributed by atoms with Gasteiger partial charge in [-0.15, -0.1) is 0 Å². The van der Waals surface area contributed by atoms with Crippen LogP contribution in [0, 0.1) is 0 Å². The summed E-state index contributed by atoms with van der Waals surface area (Å²) in [5.41, 5.74) is 3.18. The fourth-order valence-corrected chi connectivity index (χ4v) is 2.46. The van der Waals surface area contributed by atoms with Gasteiger partial charge < -0.3 is 10.5 Å². The summed E-state index contributed by atoms with van der Waals surface area (Å²) in [5.74, 6) is -0.375. The third-order valence-corrected chi connectivity index (χ3v) is 3.76. The maximum Gasteiger partial charge on any atom is 0.333 e. The highest BCUT2D eigenvalue weighted by atomic mass is 16.3. The first-order chi connectivity index (χ1) is 10.5. The molecule has 8 nitrogen and oxygen atoms in total. The SMILES string of the molecule is Cn1c(O)c(C2=NNC(c3cccnc3)C2)c(=O)n(C)c1=O. The minimum absolute atomic E-state index is 0.0449. The van der Waals surface area contributed by atoms with Crippen LogP contribution < -0.4 is 16.7 Å².